The van der Waals surface area contributed by atoms with Crippen LogP contribution in [0.15, 0.2) is 24.4 Å². The van der Waals surface area contributed by atoms with Crippen molar-refractivity contribution in [3.8, 4) is 5.75 Å². The van der Waals surface area contributed by atoms with E-state index in [-0.39, 0.29) is 18.0 Å². The predicted octanol–water partition coefficient (Wildman–Crippen LogP) is 2.00. The van der Waals surface area contributed by atoms with Gasteiger partial charge in [0, 0.05) is 12.7 Å². The van der Waals surface area contributed by atoms with Crippen molar-refractivity contribution in [1.29, 1.82) is 0 Å². The van der Waals surface area contributed by atoms with Crippen molar-refractivity contribution in [3.63, 3.8) is 0 Å². The summed E-state index contributed by atoms with van der Waals surface area (Å²) >= 11 is 0. The molecule has 1 aromatic heterocycles. The number of ether oxygens (including phenoxy) is 1. The third-order valence-corrected chi connectivity index (χ3v) is 2.33. The van der Waals surface area contributed by atoms with Gasteiger partial charge in [-0.15, -0.1) is 5.10 Å². The minimum Gasteiger partial charge on any atom is -0.487 e. The van der Waals surface area contributed by atoms with Crippen LogP contribution in [0.1, 0.15) is 11.3 Å². The van der Waals surface area contributed by atoms with Gasteiger partial charge in [-0.05, 0) is 18.2 Å². The molecule has 0 amide bonds. The van der Waals surface area contributed by atoms with Gasteiger partial charge in [-0.1, -0.05) is 5.21 Å². The Hall–Kier alpha value is -2.25. The average molecular weight is 272 g/mol. The number of anilines is 1. The van der Waals surface area contributed by atoms with Gasteiger partial charge in [0.2, 0.25) is 0 Å². The van der Waals surface area contributed by atoms with E-state index >= 15 is 0 Å². The Morgan fingerprint density at radius 2 is 2.11 bits per heavy atom. The number of alkyl halides is 3. The summed E-state index contributed by atoms with van der Waals surface area (Å²) in [6.45, 7) is -0.0964. The number of benzene rings is 1. The topological polar surface area (TPSA) is 66.0 Å². The van der Waals surface area contributed by atoms with Crippen molar-refractivity contribution in [2.24, 2.45) is 7.05 Å². The number of halogens is 3. The number of hydrogen-bond donors (Lipinski definition) is 1. The number of nitrogen functional groups attached to an aromatic ring is 1. The lowest BCUT2D eigenvalue weighted by atomic mass is 10.1. The molecule has 102 valence electrons. The number of aromatic nitrogens is 3. The predicted molar refractivity (Wildman–Crippen MR) is 61.2 cm³/mol. The first-order valence-electron chi connectivity index (χ1n) is 5.31. The Balaban J connectivity index is 2.20. The summed E-state index contributed by atoms with van der Waals surface area (Å²) in [6, 6.07) is 3.38. The molecule has 0 bridgehead atoms. The van der Waals surface area contributed by atoms with Crippen LogP contribution in [-0.2, 0) is 19.8 Å². The van der Waals surface area contributed by atoms with Gasteiger partial charge in [0.25, 0.3) is 0 Å². The Morgan fingerprint density at radius 1 is 1.37 bits per heavy atom. The van der Waals surface area contributed by atoms with Crippen LogP contribution in [-0.4, -0.2) is 15.0 Å². The second-order valence-electron chi connectivity index (χ2n) is 3.93. The van der Waals surface area contributed by atoms with Gasteiger partial charge in [-0.25, -0.2) is 0 Å². The zero-order valence-electron chi connectivity index (χ0n) is 9.98. The van der Waals surface area contributed by atoms with Crippen LogP contribution >= 0.6 is 0 Å². The fraction of sp³-hybridized carbons (Fsp3) is 0.273. The van der Waals surface area contributed by atoms with E-state index < -0.39 is 11.7 Å². The summed E-state index contributed by atoms with van der Waals surface area (Å²) in [4.78, 5) is 0. The SMILES string of the molecule is Cn1cc(COc2ccc(N)cc2C(F)(F)F)nn1. The van der Waals surface area contributed by atoms with Crippen LogP contribution in [0, 0.1) is 0 Å². The fourth-order valence-electron chi connectivity index (χ4n) is 1.51. The molecule has 19 heavy (non-hydrogen) atoms. The smallest absolute Gasteiger partial charge is 0.420 e. The monoisotopic (exact) mass is 272 g/mol. The fourth-order valence-corrected chi connectivity index (χ4v) is 1.51. The van der Waals surface area contributed by atoms with E-state index in [2.05, 4.69) is 10.3 Å². The highest BCUT2D eigenvalue weighted by Gasteiger charge is 2.34. The van der Waals surface area contributed by atoms with Crippen molar-refractivity contribution >= 4 is 5.69 Å². The van der Waals surface area contributed by atoms with Gasteiger partial charge in [-0.2, -0.15) is 13.2 Å². The van der Waals surface area contributed by atoms with E-state index in [1.165, 1.54) is 16.8 Å². The molecule has 0 fully saturated rings. The van der Waals surface area contributed by atoms with E-state index in [1.54, 1.807) is 13.2 Å². The van der Waals surface area contributed by atoms with E-state index in [1.807, 2.05) is 0 Å². The van der Waals surface area contributed by atoms with E-state index in [0.717, 1.165) is 6.07 Å². The molecule has 0 unspecified atom stereocenters. The lowest BCUT2D eigenvalue weighted by Crippen LogP contribution is -2.09. The van der Waals surface area contributed by atoms with Gasteiger partial charge in [0.15, 0.2) is 0 Å². The molecule has 0 aliphatic heterocycles. The first kappa shape index (κ1) is 13.2. The van der Waals surface area contributed by atoms with Crippen LogP contribution in [0.25, 0.3) is 0 Å². The molecule has 2 rings (SSSR count). The van der Waals surface area contributed by atoms with Crippen LogP contribution in [0.3, 0.4) is 0 Å². The van der Waals surface area contributed by atoms with Gasteiger partial charge < -0.3 is 10.5 Å². The summed E-state index contributed by atoms with van der Waals surface area (Å²) in [6.07, 6.45) is -2.96. The summed E-state index contributed by atoms with van der Waals surface area (Å²) in [5.74, 6) is -0.285. The average Bonchev–Trinajstić information content (AvgIpc) is 2.72. The maximum Gasteiger partial charge on any atom is 0.420 e. The molecule has 0 saturated heterocycles. The molecular formula is C11H11F3N4O. The zero-order chi connectivity index (χ0) is 14.0. The number of hydrogen-bond acceptors (Lipinski definition) is 4. The lowest BCUT2D eigenvalue weighted by molar-refractivity contribution is -0.139. The van der Waals surface area contributed by atoms with E-state index in [9.17, 15) is 13.2 Å². The molecule has 0 aliphatic carbocycles. The Morgan fingerprint density at radius 3 is 2.68 bits per heavy atom. The Labute approximate surface area is 106 Å². The molecular weight excluding hydrogens is 261 g/mol. The molecule has 0 saturated carbocycles. The van der Waals surface area contributed by atoms with Crippen LogP contribution in [0.5, 0.6) is 5.75 Å². The highest BCUT2D eigenvalue weighted by molar-refractivity contribution is 5.49. The normalized spacial score (nSPS) is 11.6. The number of nitrogens with zero attached hydrogens (tertiary/aromatic N) is 3. The van der Waals surface area contributed by atoms with Crippen molar-refractivity contribution < 1.29 is 17.9 Å². The summed E-state index contributed by atoms with van der Waals surface area (Å²) in [5, 5.41) is 7.38. The molecule has 0 aliphatic rings. The van der Waals surface area contributed by atoms with Crippen LogP contribution in [0.4, 0.5) is 18.9 Å². The number of rotatable bonds is 3. The number of aryl methyl sites for hydroxylation is 1. The second kappa shape index (κ2) is 4.79. The van der Waals surface area contributed by atoms with Gasteiger partial charge in [-0.3, -0.25) is 4.68 Å². The molecule has 0 atom stereocenters. The lowest BCUT2D eigenvalue weighted by Gasteiger charge is -2.13. The largest absolute Gasteiger partial charge is 0.487 e. The maximum atomic E-state index is 12.8. The third-order valence-electron chi connectivity index (χ3n) is 2.33. The molecule has 0 radical (unpaired) electrons. The highest BCUT2D eigenvalue weighted by Crippen LogP contribution is 2.37. The van der Waals surface area contributed by atoms with Gasteiger partial charge >= 0.3 is 6.18 Å². The standard InChI is InChI=1S/C11H11F3N4O/c1-18-5-8(16-17-18)6-19-10-3-2-7(15)4-9(10)11(12,13)14/h2-5H,6,15H2,1H3. The van der Waals surface area contributed by atoms with Crippen LogP contribution < -0.4 is 10.5 Å². The first-order chi connectivity index (χ1) is 8.86. The number of nitrogens with two attached hydrogens (primary N) is 1. The Bertz CT molecular complexity index is 580. The highest BCUT2D eigenvalue weighted by atomic mass is 19.4. The molecule has 5 nitrogen and oxygen atoms in total. The van der Waals surface area contributed by atoms with Crippen molar-refractivity contribution in [2.75, 3.05) is 5.73 Å². The minimum absolute atomic E-state index is 0.0270. The van der Waals surface area contributed by atoms with Gasteiger partial charge in [0.1, 0.15) is 18.1 Å². The third kappa shape index (κ3) is 3.15. The summed E-state index contributed by atoms with van der Waals surface area (Å²) in [7, 11) is 1.65. The summed E-state index contributed by atoms with van der Waals surface area (Å²) < 4.78 is 44.9. The summed E-state index contributed by atoms with van der Waals surface area (Å²) in [5.41, 5.74) is 4.91. The van der Waals surface area contributed by atoms with E-state index in [4.69, 9.17) is 10.5 Å². The molecule has 1 heterocycles. The quantitative estimate of drug-likeness (QED) is 0.868. The maximum absolute atomic E-state index is 12.8. The molecule has 2 N–H and O–H groups in total. The van der Waals surface area contributed by atoms with E-state index in [0.29, 0.717) is 5.69 Å². The van der Waals surface area contributed by atoms with Crippen molar-refractivity contribution in [1.82, 2.24) is 15.0 Å². The van der Waals surface area contributed by atoms with Crippen molar-refractivity contribution in [2.45, 2.75) is 12.8 Å². The molecule has 0 spiro atoms. The zero-order valence-corrected chi connectivity index (χ0v) is 9.98. The minimum atomic E-state index is -4.52. The Kier molecular flexibility index (Phi) is 3.32. The molecule has 8 heteroatoms. The van der Waals surface area contributed by atoms with Crippen LogP contribution in [0.2, 0.25) is 0 Å². The molecule has 2 aromatic rings. The second-order valence-corrected chi connectivity index (χ2v) is 3.93. The van der Waals surface area contributed by atoms with Crippen molar-refractivity contribution in [3.05, 3.63) is 35.7 Å². The first-order valence-corrected chi connectivity index (χ1v) is 5.31. The van der Waals surface area contributed by atoms with Gasteiger partial charge in [0.05, 0.1) is 11.8 Å². The molecule has 1 aromatic carbocycles.